The molecular formula is C19H23BrN2. The van der Waals surface area contributed by atoms with Crippen molar-refractivity contribution in [3.05, 3.63) is 63.6 Å². The molecule has 0 saturated carbocycles. The van der Waals surface area contributed by atoms with Gasteiger partial charge in [-0.3, -0.25) is 4.90 Å². The van der Waals surface area contributed by atoms with E-state index in [9.17, 15) is 0 Å². The number of nitrogens with zero attached hydrogens (tertiary/aromatic N) is 2. The minimum atomic E-state index is 1.04. The number of aryl methyl sites for hydroxylation is 1. The topological polar surface area (TPSA) is 6.48 Å². The summed E-state index contributed by atoms with van der Waals surface area (Å²) in [7, 11) is 0. The van der Waals surface area contributed by atoms with Crippen LogP contribution >= 0.6 is 15.9 Å². The number of hydrogen-bond donors (Lipinski definition) is 0. The predicted octanol–water partition coefficient (Wildman–Crippen LogP) is 4.39. The summed E-state index contributed by atoms with van der Waals surface area (Å²) in [5, 5.41) is 0. The number of benzene rings is 2. The maximum atomic E-state index is 3.56. The molecule has 0 atom stereocenters. The zero-order chi connectivity index (χ0) is 15.5. The number of rotatable bonds is 3. The molecule has 2 nitrogen and oxygen atoms in total. The standard InChI is InChI=1S/C19H23BrN2/c1-15-5-3-8-19(16(15)2)22-11-9-21(10-12-22)14-17-6-4-7-18(20)13-17/h3-8,13H,9-12,14H2,1-2H3. The first-order valence-electron chi connectivity index (χ1n) is 7.91. The van der Waals surface area contributed by atoms with Crippen LogP contribution in [-0.2, 0) is 6.54 Å². The zero-order valence-corrected chi connectivity index (χ0v) is 14.9. The van der Waals surface area contributed by atoms with E-state index in [4.69, 9.17) is 0 Å². The highest BCUT2D eigenvalue weighted by atomic mass is 79.9. The molecule has 1 aliphatic rings. The van der Waals surface area contributed by atoms with Gasteiger partial charge in [-0.25, -0.2) is 0 Å². The molecule has 1 saturated heterocycles. The summed E-state index contributed by atoms with van der Waals surface area (Å²) in [6, 6.07) is 15.3. The lowest BCUT2D eigenvalue weighted by molar-refractivity contribution is 0.250. The Bertz CT molecular complexity index is 646. The van der Waals surface area contributed by atoms with Gasteiger partial charge in [-0.05, 0) is 48.7 Å². The van der Waals surface area contributed by atoms with Gasteiger partial charge in [0, 0.05) is 42.9 Å². The second-order valence-corrected chi connectivity index (χ2v) is 7.03. The van der Waals surface area contributed by atoms with Crippen LogP contribution in [0.15, 0.2) is 46.9 Å². The Kier molecular flexibility index (Phi) is 4.84. The van der Waals surface area contributed by atoms with Crippen molar-refractivity contribution in [2.75, 3.05) is 31.1 Å². The maximum Gasteiger partial charge on any atom is 0.0399 e. The molecule has 0 aromatic heterocycles. The lowest BCUT2D eigenvalue weighted by Gasteiger charge is -2.37. The van der Waals surface area contributed by atoms with Crippen LogP contribution in [0, 0.1) is 13.8 Å². The Hall–Kier alpha value is -1.32. The van der Waals surface area contributed by atoms with E-state index < -0.39 is 0 Å². The zero-order valence-electron chi connectivity index (χ0n) is 13.3. The highest BCUT2D eigenvalue weighted by Gasteiger charge is 2.18. The fourth-order valence-corrected chi connectivity index (χ4v) is 3.57. The molecule has 3 rings (SSSR count). The first kappa shape index (κ1) is 15.6. The average molecular weight is 359 g/mol. The van der Waals surface area contributed by atoms with E-state index in [0.717, 1.165) is 32.7 Å². The number of anilines is 1. The van der Waals surface area contributed by atoms with E-state index in [0.29, 0.717) is 0 Å². The van der Waals surface area contributed by atoms with Gasteiger partial charge in [0.15, 0.2) is 0 Å². The molecular weight excluding hydrogens is 336 g/mol. The molecule has 0 spiro atoms. The molecule has 0 aliphatic carbocycles. The summed E-state index contributed by atoms with van der Waals surface area (Å²) in [5.74, 6) is 0. The van der Waals surface area contributed by atoms with E-state index in [2.05, 4.69) is 82.0 Å². The molecule has 1 heterocycles. The van der Waals surface area contributed by atoms with Crippen molar-refractivity contribution in [3.8, 4) is 0 Å². The van der Waals surface area contributed by atoms with Crippen molar-refractivity contribution in [2.24, 2.45) is 0 Å². The lowest BCUT2D eigenvalue weighted by Crippen LogP contribution is -2.46. The quantitative estimate of drug-likeness (QED) is 0.802. The van der Waals surface area contributed by atoms with Crippen LogP contribution in [0.5, 0.6) is 0 Å². The summed E-state index contributed by atoms with van der Waals surface area (Å²) < 4.78 is 1.17. The molecule has 0 unspecified atom stereocenters. The van der Waals surface area contributed by atoms with Crippen LogP contribution in [0.3, 0.4) is 0 Å². The van der Waals surface area contributed by atoms with Crippen LogP contribution in [0.25, 0.3) is 0 Å². The molecule has 0 bridgehead atoms. The first-order valence-corrected chi connectivity index (χ1v) is 8.71. The van der Waals surface area contributed by atoms with Crippen LogP contribution in [0.1, 0.15) is 16.7 Å². The molecule has 3 heteroatoms. The minimum Gasteiger partial charge on any atom is -0.369 e. The normalized spacial score (nSPS) is 16.0. The number of halogens is 1. The van der Waals surface area contributed by atoms with Gasteiger partial charge in [0.25, 0.3) is 0 Å². The van der Waals surface area contributed by atoms with Gasteiger partial charge in [0.1, 0.15) is 0 Å². The Morgan fingerprint density at radius 1 is 0.955 bits per heavy atom. The summed E-state index contributed by atoms with van der Waals surface area (Å²) in [4.78, 5) is 5.07. The summed E-state index contributed by atoms with van der Waals surface area (Å²) in [6.45, 7) is 9.94. The lowest BCUT2D eigenvalue weighted by atomic mass is 10.1. The highest BCUT2D eigenvalue weighted by molar-refractivity contribution is 9.10. The fourth-order valence-electron chi connectivity index (χ4n) is 3.12. The van der Waals surface area contributed by atoms with E-state index in [1.54, 1.807) is 0 Å². The molecule has 1 aliphatic heterocycles. The molecule has 2 aromatic carbocycles. The summed E-state index contributed by atoms with van der Waals surface area (Å²) in [5.41, 5.74) is 5.59. The van der Waals surface area contributed by atoms with Crippen LogP contribution < -0.4 is 4.90 Å². The maximum absolute atomic E-state index is 3.56. The largest absolute Gasteiger partial charge is 0.369 e. The van der Waals surface area contributed by atoms with Gasteiger partial charge < -0.3 is 4.90 Å². The highest BCUT2D eigenvalue weighted by Crippen LogP contribution is 2.24. The van der Waals surface area contributed by atoms with Gasteiger partial charge in [-0.2, -0.15) is 0 Å². The Morgan fingerprint density at radius 2 is 1.68 bits per heavy atom. The molecule has 0 radical (unpaired) electrons. The first-order chi connectivity index (χ1) is 10.6. The third-order valence-electron chi connectivity index (χ3n) is 4.58. The van der Waals surface area contributed by atoms with Crippen LogP contribution in [-0.4, -0.2) is 31.1 Å². The van der Waals surface area contributed by atoms with E-state index >= 15 is 0 Å². The van der Waals surface area contributed by atoms with E-state index in [1.165, 1.54) is 26.9 Å². The van der Waals surface area contributed by atoms with Crippen LogP contribution in [0.2, 0.25) is 0 Å². The second kappa shape index (κ2) is 6.84. The summed E-state index contributed by atoms with van der Waals surface area (Å²) >= 11 is 3.56. The third-order valence-corrected chi connectivity index (χ3v) is 5.08. The molecule has 116 valence electrons. The van der Waals surface area contributed by atoms with Gasteiger partial charge in [0.05, 0.1) is 0 Å². The Balaban J connectivity index is 1.62. The Labute approximate surface area is 141 Å². The van der Waals surface area contributed by atoms with Gasteiger partial charge >= 0.3 is 0 Å². The van der Waals surface area contributed by atoms with Gasteiger partial charge in [-0.15, -0.1) is 0 Å². The molecule has 0 N–H and O–H groups in total. The van der Waals surface area contributed by atoms with Crippen molar-refractivity contribution in [1.82, 2.24) is 4.90 Å². The number of piperazine rings is 1. The van der Waals surface area contributed by atoms with Crippen molar-refractivity contribution in [3.63, 3.8) is 0 Å². The Morgan fingerprint density at radius 3 is 2.41 bits per heavy atom. The second-order valence-electron chi connectivity index (χ2n) is 6.11. The molecule has 1 fully saturated rings. The SMILES string of the molecule is Cc1cccc(N2CCN(Cc3cccc(Br)c3)CC2)c1C. The van der Waals surface area contributed by atoms with Crippen molar-refractivity contribution in [1.29, 1.82) is 0 Å². The number of hydrogen-bond acceptors (Lipinski definition) is 2. The predicted molar refractivity (Wildman–Crippen MR) is 97.5 cm³/mol. The van der Waals surface area contributed by atoms with E-state index in [-0.39, 0.29) is 0 Å². The van der Waals surface area contributed by atoms with Crippen LogP contribution in [0.4, 0.5) is 5.69 Å². The molecule has 22 heavy (non-hydrogen) atoms. The monoisotopic (exact) mass is 358 g/mol. The van der Waals surface area contributed by atoms with Gasteiger partial charge in [-0.1, -0.05) is 40.2 Å². The molecule has 0 amide bonds. The summed E-state index contributed by atoms with van der Waals surface area (Å²) in [6.07, 6.45) is 0. The van der Waals surface area contributed by atoms with Gasteiger partial charge in [0.2, 0.25) is 0 Å². The average Bonchev–Trinajstić information content (AvgIpc) is 2.51. The molecule has 2 aromatic rings. The minimum absolute atomic E-state index is 1.04. The van der Waals surface area contributed by atoms with Crippen molar-refractivity contribution < 1.29 is 0 Å². The van der Waals surface area contributed by atoms with Crippen molar-refractivity contribution in [2.45, 2.75) is 20.4 Å². The van der Waals surface area contributed by atoms with Crippen molar-refractivity contribution >= 4 is 21.6 Å². The third kappa shape index (κ3) is 3.53. The fraction of sp³-hybridized carbons (Fsp3) is 0.368. The van der Waals surface area contributed by atoms with E-state index in [1.807, 2.05) is 0 Å². The smallest absolute Gasteiger partial charge is 0.0399 e.